The molecule has 0 aromatic heterocycles. The summed E-state index contributed by atoms with van der Waals surface area (Å²) in [6.07, 6.45) is 1.95. The van der Waals surface area contributed by atoms with Crippen molar-refractivity contribution in [2.24, 2.45) is 0 Å². The van der Waals surface area contributed by atoms with Gasteiger partial charge in [-0.05, 0) is 30.5 Å². The minimum Gasteiger partial charge on any atom is -0.460 e. The third-order valence-corrected chi connectivity index (χ3v) is 2.41. The Morgan fingerprint density at radius 1 is 1.06 bits per heavy atom. The second-order valence-corrected chi connectivity index (χ2v) is 3.80. The molecule has 0 aliphatic rings. The topological polar surface area (TPSA) is 35.5 Å². The first kappa shape index (κ1) is 13.7. The smallest absolute Gasteiger partial charge is 0.338 e. The average molecular weight is 236 g/mol. The molecule has 0 aliphatic carbocycles. The predicted molar refractivity (Wildman–Crippen MR) is 67.2 cm³/mol. The summed E-state index contributed by atoms with van der Waals surface area (Å²) >= 11 is 0. The maximum Gasteiger partial charge on any atom is 0.338 e. The predicted octanol–water partition coefficient (Wildman–Crippen LogP) is 2.83. The molecule has 0 aliphatic heterocycles. The molecule has 1 rings (SSSR count). The molecule has 1 aromatic rings. The number of carbonyl (C=O) groups is 1. The quantitative estimate of drug-likeness (QED) is 0.539. The molecule has 0 N–H and O–H groups in total. The highest BCUT2D eigenvalue weighted by Gasteiger charge is 2.05. The van der Waals surface area contributed by atoms with Gasteiger partial charge in [0.2, 0.25) is 0 Å². The fourth-order valence-electron chi connectivity index (χ4n) is 1.40. The lowest BCUT2D eigenvalue weighted by molar-refractivity contribution is 0.0318. The van der Waals surface area contributed by atoms with Crippen LogP contribution in [0.5, 0.6) is 0 Å². The first-order valence-electron chi connectivity index (χ1n) is 6.11. The average Bonchev–Trinajstić information content (AvgIpc) is 2.38. The molecule has 0 heterocycles. The van der Waals surface area contributed by atoms with Crippen molar-refractivity contribution in [3.05, 3.63) is 35.4 Å². The van der Waals surface area contributed by atoms with E-state index in [9.17, 15) is 4.79 Å². The van der Waals surface area contributed by atoms with Gasteiger partial charge < -0.3 is 9.47 Å². The van der Waals surface area contributed by atoms with Gasteiger partial charge in [-0.3, -0.25) is 0 Å². The van der Waals surface area contributed by atoms with Gasteiger partial charge in [-0.15, -0.1) is 0 Å². The van der Waals surface area contributed by atoms with E-state index in [2.05, 4.69) is 6.92 Å². The molecule has 0 saturated carbocycles. The van der Waals surface area contributed by atoms with Crippen molar-refractivity contribution in [2.45, 2.75) is 26.7 Å². The maximum atomic E-state index is 11.6. The molecule has 3 nitrogen and oxygen atoms in total. The molecule has 0 saturated heterocycles. The third-order valence-electron chi connectivity index (χ3n) is 2.41. The summed E-state index contributed by atoms with van der Waals surface area (Å²) in [5, 5.41) is 0. The van der Waals surface area contributed by atoms with Crippen LogP contribution in [0, 0.1) is 0 Å². The molecule has 0 bridgehead atoms. The number of benzene rings is 1. The number of rotatable bonds is 7. The summed E-state index contributed by atoms with van der Waals surface area (Å²) in [7, 11) is 0. The largest absolute Gasteiger partial charge is 0.460 e. The minimum absolute atomic E-state index is 0.284. The lowest BCUT2D eigenvalue weighted by atomic mass is 10.1. The van der Waals surface area contributed by atoms with Crippen molar-refractivity contribution >= 4 is 5.97 Å². The van der Waals surface area contributed by atoms with E-state index >= 15 is 0 Å². The number of hydrogen-bond donors (Lipinski definition) is 0. The first-order valence-corrected chi connectivity index (χ1v) is 6.11. The number of hydrogen-bond acceptors (Lipinski definition) is 3. The number of aryl methyl sites for hydroxylation is 1. The Balaban J connectivity index is 2.31. The molecule has 94 valence electrons. The van der Waals surface area contributed by atoms with Crippen molar-refractivity contribution in [1.82, 2.24) is 0 Å². The van der Waals surface area contributed by atoms with Crippen LogP contribution >= 0.6 is 0 Å². The van der Waals surface area contributed by atoms with Crippen LogP contribution in [-0.4, -0.2) is 25.8 Å². The van der Waals surface area contributed by atoms with E-state index in [1.54, 1.807) is 12.1 Å². The molecule has 17 heavy (non-hydrogen) atoms. The molecule has 1 aromatic carbocycles. The zero-order valence-electron chi connectivity index (χ0n) is 10.6. The molecule has 0 unspecified atom stereocenters. The van der Waals surface area contributed by atoms with Gasteiger partial charge in [0.05, 0.1) is 12.2 Å². The molecule has 0 radical (unpaired) electrons. The van der Waals surface area contributed by atoms with Crippen molar-refractivity contribution in [3.63, 3.8) is 0 Å². The fourth-order valence-corrected chi connectivity index (χ4v) is 1.40. The van der Waals surface area contributed by atoms with Crippen molar-refractivity contribution in [2.75, 3.05) is 19.8 Å². The Morgan fingerprint density at radius 3 is 2.35 bits per heavy atom. The van der Waals surface area contributed by atoms with E-state index in [0.717, 1.165) is 12.8 Å². The van der Waals surface area contributed by atoms with Crippen molar-refractivity contribution in [1.29, 1.82) is 0 Å². The lowest BCUT2D eigenvalue weighted by Crippen LogP contribution is -2.11. The zero-order valence-corrected chi connectivity index (χ0v) is 10.6. The van der Waals surface area contributed by atoms with Gasteiger partial charge in [0.25, 0.3) is 0 Å². The van der Waals surface area contributed by atoms with Crippen molar-refractivity contribution in [3.8, 4) is 0 Å². The highest BCUT2D eigenvalue weighted by Crippen LogP contribution is 2.06. The van der Waals surface area contributed by atoms with Crippen LogP contribution in [0.4, 0.5) is 0 Å². The lowest BCUT2D eigenvalue weighted by Gasteiger charge is -2.05. The zero-order chi connectivity index (χ0) is 12.5. The van der Waals surface area contributed by atoms with Gasteiger partial charge in [0.1, 0.15) is 6.61 Å². The Bertz CT molecular complexity index is 330. The van der Waals surface area contributed by atoms with E-state index in [4.69, 9.17) is 9.47 Å². The Kier molecular flexibility index (Phi) is 6.33. The monoisotopic (exact) mass is 236 g/mol. The number of esters is 1. The number of carbonyl (C=O) groups excluding carboxylic acids is 1. The van der Waals surface area contributed by atoms with Crippen LogP contribution in [0.15, 0.2) is 24.3 Å². The highest BCUT2D eigenvalue weighted by atomic mass is 16.6. The van der Waals surface area contributed by atoms with Gasteiger partial charge in [0, 0.05) is 6.61 Å². The van der Waals surface area contributed by atoms with Crippen molar-refractivity contribution < 1.29 is 14.3 Å². The summed E-state index contributed by atoms with van der Waals surface area (Å²) in [5.74, 6) is -0.284. The van der Waals surface area contributed by atoms with E-state index in [1.807, 2.05) is 19.1 Å². The van der Waals surface area contributed by atoms with E-state index in [0.29, 0.717) is 25.4 Å². The summed E-state index contributed by atoms with van der Waals surface area (Å²) < 4.78 is 10.3. The van der Waals surface area contributed by atoms with E-state index in [-0.39, 0.29) is 5.97 Å². The van der Waals surface area contributed by atoms with Crippen LogP contribution in [0.2, 0.25) is 0 Å². The van der Waals surface area contributed by atoms with Crippen LogP contribution in [0.1, 0.15) is 36.2 Å². The Hall–Kier alpha value is -1.35. The summed E-state index contributed by atoms with van der Waals surface area (Å²) in [5.41, 5.74) is 1.81. The van der Waals surface area contributed by atoms with Gasteiger partial charge in [-0.1, -0.05) is 26.0 Å². The Morgan fingerprint density at radius 2 is 1.76 bits per heavy atom. The van der Waals surface area contributed by atoms with Crippen LogP contribution < -0.4 is 0 Å². The fraction of sp³-hybridized carbons (Fsp3) is 0.500. The second kappa shape index (κ2) is 7.85. The standard InChI is InChI=1S/C14H20O3/c1-3-9-16-10-11-17-14(15)13-7-5-12(4-2)6-8-13/h5-8H,3-4,9-11H2,1-2H3. The van der Waals surface area contributed by atoms with E-state index in [1.165, 1.54) is 5.56 Å². The summed E-state index contributed by atoms with van der Waals surface area (Å²) in [4.78, 5) is 11.6. The molecule has 0 fully saturated rings. The number of ether oxygens (including phenoxy) is 2. The van der Waals surface area contributed by atoms with Crippen LogP contribution in [-0.2, 0) is 15.9 Å². The Labute approximate surface area is 103 Å². The molecule has 0 spiro atoms. The SMILES string of the molecule is CCCOCCOC(=O)c1ccc(CC)cc1. The van der Waals surface area contributed by atoms with E-state index < -0.39 is 0 Å². The normalized spacial score (nSPS) is 10.2. The van der Waals surface area contributed by atoms with Gasteiger partial charge in [0.15, 0.2) is 0 Å². The van der Waals surface area contributed by atoms with Gasteiger partial charge in [-0.2, -0.15) is 0 Å². The molecule has 0 atom stereocenters. The highest BCUT2D eigenvalue weighted by molar-refractivity contribution is 5.89. The van der Waals surface area contributed by atoms with Gasteiger partial charge in [-0.25, -0.2) is 4.79 Å². The van der Waals surface area contributed by atoms with Crippen LogP contribution in [0.25, 0.3) is 0 Å². The summed E-state index contributed by atoms with van der Waals surface area (Å²) in [6.45, 7) is 5.61. The van der Waals surface area contributed by atoms with Crippen LogP contribution in [0.3, 0.4) is 0 Å². The third kappa shape index (κ3) is 5.00. The second-order valence-electron chi connectivity index (χ2n) is 3.80. The molecular formula is C14H20O3. The first-order chi connectivity index (χ1) is 8.27. The minimum atomic E-state index is -0.284. The van der Waals surface area contributed by atoms with Gasteiger partial charge >= 0.3 is 5.97 Å². The molecular weight excluding hydrogens is 216 g/mol. The maximum absolute atomic E-state index is 11.6. The molecule has 3 heteroatoms. The summed E-state index contributed by atoms with van der Waals surface area (Å²) in [6, 6.07) is 7.50. The molecule has 0 amide bonds.